The number of nitriles is 1. The summed E-state index contributed by atoms with van der Waals surface area (Å²) in [5.41, 5.74) is 1.10. The molecule has 0 aliphatic carbocycles. The lowest BCUT2D eigenvalue weighted by Crippen LogP contribution is -2.36. The van der Waals surface area contributed by atoms with Crippen LogP contribution in [-0.2, 0) is 9.84 Å². The Bertz CT molecular complexity index is 843. The molecule has 1 heterocycles. The van der Waals surface area contributed by atoms with Crippen molar-refractivity contribution in [2.24, 2.45) is 0 Å². The van der Waals surface area contributed by atoms with E-state index in [-0.39, 0.29) is 4.90 Å². The maximum atomic E-state index is 12.6. The van der Waals surface area contributed by atoms with E-state index in [0.29, 0.717) is 16.3 Å². The average Bonchev–Trinajstić information content (AvgIpc) is 2.47. The van der Waals surface area contributed by atoms with Gasteiger partial charge in [-0.05, 0) is 23.8 Å². The third-order valence-electron chi connectivity index (χ3n) is 3.51. The number of hydrogen-bond acceptors (Lipinski definition) is 4. The first-order chi connectivity index (χ1) is 10.1. The number of benzene rings is 2. The summed E-state index contributed by atoms with van der Waals surface area (Å²) in [4.78, 5) is 0.153. The van der Waals surface area contributed by atoms with Crippen molar-refractivity contribution in [1.29, 1.82) is 5.26 Å². The number of nitrogens with zero attached hydrogens (tertiary/aromatic N) is 1. The minimum atomic E-state index is -3.73. The van der Waals surface area contributed by atoms with E-state index >= 15 is 0 Å². The van der Waals surface area contributed by atoms with E-state index in [0.717, 1.165) is 0 Å². The van der Waals surface area contributed by atoms with Gasteiger partial charge in [-0.2, -0.15) is 5.26 Å². The number of anilines is 1. The number of halogens is 1. The first kappa shape index (κ1) is 13.9. The third kappa shape index (κ3) is 2.17. The second kappa shape index (κ2) is 5.06. The fourth-order valence-electron chi connectivity index (χ4n) is 2.51. The number of hydrogen-bond donors (Lipinski definition) is 1. The van der Waals surface area contributed by atoms with E-state index in [4.69, 9.17) is 11.6 Å². The summed E-state index contributed by atoms with van der Waals surface area (Å²) in [5.74, 6) is 0. The van der Waals surface area contributed by atoms with Gasteiger partial charge in [0.2, 0.25) is 0 Å². The fourth-order valence-corrected chi connectivity index (χ4v) is 4.45. The Labute approximate surface area is 127 Å². The molecule has 2 atom stereocenters. The second-order valence-electron chi connectivity index (χ2n) is 4.73. The Morgan fingerprint density at radius 2 is 1.76 bits per heavy atom. The van der Waals surface area contributed by atoms with Gasteiger partial charge >= 0.3 is 0 Å². The molecule has 2 aromatic carbocycles. The van der Waals surface area contributed by atoms with Gasteiger partial charge in [-0.25, -0.2) is 8.42 Å². The minimum Gasteiger partial charge on any atom is -0.375 e. The van der Waals surface area contributed by atoms with Crippen molar-refractivity contribution < 1.29 is 8.42 Å². The number of nitrogens with one attached hydrogen (secondary N) is 1. The lowest BCUT2D eigenvalue weighted by molar-refractivity contribution is 0.576. The second-order valence-corrected chi connectivity index (χ2v) is 7.18. The van der Waals surface area contributed by atoms with Crippen molar-refractivity contribution in [3.05, 3.63) is 59.1 Å². The quantitative estimate of drug-likeness (QED) is 0.876. The van der Waals surface area contributed by atoms with Gasteiger partial charge in [-0.3, -0.25) is 0 Å². The Morgan fingerprint density at radius 3 is 2.48 bits per heavy atom. The van der Waals surface area contributed by atoms with Crippen LogP contribution in [0.2, 0.25) is 5.02 Å². The predicted molar refractivity (Wildman–Crippen MR) is 80.8 cm³/mol. The van der Waals surface area contributed by atoms with Gasteiger partial charge in [0.25, 0.3) is 0 Å². The standard InChI is InChI=1S/C15H11ClN2O2S/c16-11-6-2-1-5-10(11)15-14(9-17)21(19,20)13-8-4-3-7-12(13)18-15/h1-8,14-15,18H. The predicted octanol–water partition coefficient (Wildman–Crippen LogP) is 3.17. The average molecular weight is 319 g/mol. The van der Waals surface area contributed by atoms with Crippen LogP contribution in [0, 0.1) is 11.3 Å². The van der Waals surface area contributed by atoms with Gasteiger partial charge in [0, 0.05) is 5.02 Å². The van der Waals surface area contributed by atoms with Crippen LogP contribution in [-0.4, -0.2) is 13.7 Å². The summed E-state index contributed by atoms with van der Waals surface area (Å²) >= 11 is 6.16. The van der Waals surface area contributed by atoms with Crippen LogP contribution >= 0.6 is 11.6 Å². The van der Waals surface area contributed by atoms with Gasteiger partial charge in [-0.1, -0.05) is 41.9 Å². The maximum absolute atomic E-state index is 12.6. The molecule has 0 saturated heterocycles. The van der Waals surface area contributed by atoms with Crippen molar-refractivity contribution >= 4 is 27.1 Å². The monoisotopic (exact) mass is 318 g/mol. The van der Waals surface area contributed by atoms with Gasteiger partial charge in [0.05, 0.1) is 22.7 Å². The molecule has 0 saturated carbocycles. The molecule has 2 unspecified atom stereocenters. The number of para-hydroxylation sites is 1. The molecule has 6 heteroatoms. The molecule has 106 valence electrons. The Kier molecular flexibility index (Phi) is 3.36. The van der Waals surface area contributed by atoms with Gasteiger partial charge in [0.1, 0.15) is 0 Å². The molecule has 0 amide bonds. The van der Waals surface area contributed by atoms with Crippen molar-refractivity contribution in [2.75, 3.05) is 5.32 Å². The molecule has 2 aromatic rings. The summed E-state index contributed by atoms with van der Waals surface area (Å²) in [5, 5.41) is 11.7. The molecule has 1 aliphatic rings. The molecule has 1 N–H and O–H groups in total. The molecule has 0 fully saturated rings. The van der Waals surface area contributed by atoms with Crippen molar-refractivity contribution in [3.8, 4) is 6.07 Å². The van der Waals surface area contributed by atoms with Gasteiger partial charge < -0.3 is 5.32 Å². The molecule has 1 aliphatic heterocycles. The zero-order valence-electron chi connectivity index (χ0n) is 10.8. The van der Waals surface area contributed by atoms with E-state index in [1.807, 2.05) is 6.07 Å². The minimum absolute atomic E-state index is 0.153. The Hall–Kier alpha value is -2.03. The van der Waals surface area contributed by atoms with Crippen LogP contribution in [0.1, 0.15) is 11.6 Å². The van der Waals surface area contributed by atoms with Crippen LogP contribution in [0.5, 0.6) is 0 Å². The Morgan fingerprint density at radius 1 is 1.10 bits per heavy atom. The molecule has 0 bridgehead atoms. The highest BCUT2D eigenvalue weighted by Gasteiger charge is 2.42. The van der Waals surface area contributed by atoms with E-state index < -0.39 is 21.1 Å². The molecule has 3 rings (SSSR count). The lowest BCUT2D eigenvalue weighted by atomic mass is 10.0. The molecule has 0 spiro atoms. The fraction of sp³-hybridized carbons (Fsp3) is 0.133. The number of sulfone groups is 1. The molecule has 0 aromatic heterocycles. The van der Waals surface area contributed by atoms with Crippen molar-refractivity contribution in [2.45, 2.75) is 16.2 Å². The number of rotatable bonds is 1. The first-order valence-corrected chi connectivity index (χ1v) is 8.21. The van der Waals surface area contributed by atoms with Crippen LogP contribution in [0.15, 0.2) is 53.4 Å². The molecular weight excluding hydrogens is 308 g/mol. The highest BCUT2D eigenvalue weighted by atomic mass is 35.5. The van der Waals surface area contributed by atoms with E-state index in [1.54, 1.807) is 42.5 Å². The SMILES string of the molecule is N#CC1C(c2ccccc2Cl)Nc2ccccc2S1(=O)=O. The maximum Gasteiger partial charge on any atom is 0.199 e. The summed E-state index contributed by atoms with van der Waals surface area (Å²) in [6.07, 6.45) is 0. The van der Waals surface area contributed by atoms with Crippen LogP contribution in [0.3, 0.4) is 0 Å². The highest BCUT2D eigenvalue weighted by Crippen LogP contribution is 2.40. The number of fused-ring (bicyclic) bond motifs is 1. The normalized spacial score (nSPS) is 22.7. The Balaban J connectivity index is 2.21. The summed E-state index contributed by atoms with van der Waals surface area (Å²) in [7, 11) is -3.73. The summed E-state index contributed by atoms with van der Waals surface area (Å²) in [6, 6.07) is 14.7. The summed E-state index contributed by atoms with van der Waals surface area (Å²) < 4.78 is 25.2. The van der Waals surface area contributed by atoms with Crippen molar-refractivity contribution in [1.82, 2.24) is 0 Å². The smallest absolute Gasteiger partial charge is 0.199 e. The van der Waals surface area contributed by atoms with E-state index in [9.17, 15) is 13.7 Å². The van der Waals surface area contributed by atoms with E-state index in [1.165, 1.54) is 6.07 Å². The topological polar surface area (TPSA) is 70.0 Å². The third-order valence-corrected chi connectivity index (χ3v) is 5.87. The summed E-state index contributed by atoms with van der Waals surface area (Å²) in [6.45, 7) is 0. The van der Waals surface area contributed by atoms with Crippen molar-refractivity contribution in [3.63, 3.8) is 0 Å². The zero-order valence-corrected chi connectivity index (χ0v) is 12.4. The highest BCUT2D eigenvalue weighted by molar-refractivity contribution is 7.92. The largest absolute Gasteiger partial charge is 0.375 e. The van der Waals surface area contributed by atoms with E-state index in [2.05, 4.69) is 5.32 Å². The zero-order chi connectivity index (χ0) is 15.0. The van der Waals surface area contributed by atoms with Crippen LogP contribution < -0.4 is 5.32 Å². The van der Waals surface area contributed by atoms with Gasteiger partial charge in [-0.15, -0.1) is 0 Å². The molecule has 4 nitrogen and oxygen atoms in total. The lowest BCUT2D eigenvalue weighted by Gasteiger charge is -2.31. The molecule has 0 radical (unpaired) electrons. The molecule has 21 heavy (non-hydrogen) atoms. The van der Waals surface area contributed by atoms with Crippen LogP contribution in [0.4, 0.5) is 5.69 Å². The molecular formula is C15H11ClN2O2S. The van der Waals surface area contributed by atoms with Gasteiger partial charge in [0.15, 0.2) is 15.1 Å². The van der Waals surface area contributed by atoms with Crippen LogP contribution in [0.25, 0.3) is 0 Å². The first-order valence-electron chi connectivity index (χ1n) is 6.29.